The number of nitrogens with one attached hydrogen (secondary N) is 3. The number of hydrogen-bond acceptors (Lipinski definition) is 6. The van der Waals surface area contributed by atoms with Crippen LogP contribution in [0.4, 0.5) is 5.69 Å². The topological polar surface area (TPSA) is 150 Å². The highest BCUT2D eigenvalue weighted by Gasteiger charge is 2.27. The van der Waals surface area contributed by atoms with Gasteiger partial charge in [-0.1, -0.05) is 6.07 Å². The zero-order valence-corrected chi connectivity index (χ0v) is 18.5. The minimum Gasteiger partial charge on any atom is -0.370 e. The number of nitriles is 1. The van der Waals surface area contributed by atoms with E-state index in [1.807, 2.05) is 29.3 Å². The van der Waals surface area contributed by atoms with Crippen LogP contribution in [-0.2, 0) is 11.2 Å². The molecule has 5 N–H and O–H groups in total. The van der Waals surface area contributed by atoms with Crippen molar-refractivity contribution in [2.24, 2.45) is 10.8 Å². The monoisotopic (exact) mass is 447 g/mol. The van der Waals surface area contributed by atoms with Crippen LogP contribution >= 0.6 is 0 Å². The molecule has 3 heterocycles. The molecule has 0 radical (unpaired) electrons. The normalized spacial score (nSPS) is 16.6. The Morgan fingerprint density at radius 3 is 2.79 bits per heavy atom. The van der Waals surface area contributed by atoms with Crippen LogP contribution in [0.5, 0.6) is 0 Å². The number of anilines is 1. The molecule has 1 aromatic carbocycles. The number of guanidine groups is 1. The van der Waals surface area contributed by atoms with E-state index in [4.69, 9.17) is 11.1 Å². The van der Waals surface area contributed by atoms with Crippen molar-refractivity contribution in [1.82, 2.24) is 20.3 Å². The quantitative estimate of drug-likeness (QED) is 0.375. The Hall–Kier alpha value is -3.87. The van der Waals surface area contributed by atoms with E-state index in [-0.39, 0.29) is 17.9 Å². The van der Waals surface area contributed by atoms with Gasteiger partial charge in [-0.2, -0.15) is 10.4 Å². The number of aromatic amines is 1. The second-order valence-electron chi connectivity index (χ2n) is 8.40. The van der Waals surface area contributed by atoms with Crippen molar-refractivity contribution >= 4 is 23.3 Å². The number of piperidine rings is 1. The van der Waals surface area contributed by atoms with Gasteiger partial charge in [0.1, 0.15) is 6.07 Å². The van der Waals surface area contributed by atoms with Crippen LogP contribution in [0.2, 0.25) is 0 Å². The second kappa shape index (κ2) is 10.2. The number of hydrogen-bond donors (Lipinski definition) is 4. The summed E-state index contributed by atoms with van der Waals surface area (Å²) in [6.45, 7) is 2.31. The third-order valence-corrected chi connectivity index (χ3v) is 6.30. The molecule has 0 aliphatic carbocycles. The Labute approximate surface area is 193 Å². The maximum atomic E-state index is 11.3. The number of imidazole rings is 1. The zero-order chi connectivity index (χ0) is 23.2. The standard InChI is InChI=1S/C23H29N9O/c24-13-17-12-16(20-4-6-22(33)30-29-20)3-5-21(17)31-10-7-19(8-11-31)32(23(25)26)9-1-2-18-14-27-15-28-18/h3,5,12,14-15,19H,1-2,4,6-11H2,(H3,25,26)(H,27,28)(H,30,33). The Morgan fingerprint density at radius 2 is 2.15 bits per heavy atom. The molecule has 172 valence electrons. The van der Waals surface area contributed by atoms with Gasteiger partial charge in [0.15, 0.2) is 5.96 Å². The number of rotatable bonds is 7. The first-order chi connectivity index (χ1) is 16.0. The highest BCUT2D eigenvalue weighted by atomic mass is 16.2. The van der Waals surface area contributed by atoms with Crippen LogP contribution < -0.4 is 16.1 Å². The molecular weight excluding hydrogens is 418 g/mol. The predicted molar refractivity (Wildman–Crippen MR) is 126 cm³/mol. The number of benzene rings is 1. The summed E-state index contributed by atoms with van der Waals surface area (Å²) >= 11 is 0. The lowest BCUT2D eigenvalue weighted by molar-refractivity contribution is -0.121. The molecule has 10 nitrogen and oxygen atoms in total. The van der Waals surface area contributed by atoms with Crippen LogP contribution in [0.3, 0.4) is 0 Å². The number of nitrogens with zero attached hydrogens (tertiary/aromatic N) is 5. The molecule has 2 aliphatic rings. The first-order valence-corrected chi connectivity index (χ1v) is 11.3. The summed E-state index contributed by atoms with van der Waals surface area (Å²) in [5.41, 5.74) is 12.6. The molecule has 1 aromatic heterocycles. The average Bonchev–Trinajstić information content (AvgIpc) is 3.35. The van der Waals surface area contributed by atoms with Crippen molar-refractivity contribution in [1.29, 1.82) is 10.7 Å². The van der Waals surface area contributed by atoms with Crippen molar-refractivity contribution < 1.29 is 4.79 Å². The fourth-order valence-corrected chi connectivity index (χ4v) is 4.54. The summed E-state index contributed by atoms with van der Waals surface area (Å²) < 4.78 is 0. The molecule has 2 aliphatic heterocycles. The number of H-pyrrole nitrogens is 1. The van der Waals surface area contributed by atoms with Gasteiger partial charge in [0.25, 0.3) is 0 Å². The van der Waals surface area contributed by atoms with Gasteiger partial charge in [0.05, 0.1) is 29.0 Å². The summed E-state index contributed by atoms with van der Waals surface area (Å²) in [4.78, 5) is 22.8. The lowest BCUT2D eigenvalue weighted by Gasteiger charge is -2.40. The van der Waals surface area contributed by atoms with Crippen molar-refractivity contribution in [3.63, 3.8) is 0 Å². The van der Waals surface area contributed by atoms with E-state index in [9.17, 15) is 10.1 Å². The summed E-state index contributed by atoms with van der Waals surface area (Å²) in [6.07, 6.45) is 8.02. The summed E-state index contributed by atoms with van der Waals surface area (Å²) in [5, 5.41) is 21.9. The minimum atomic E-state index is -0.0838. The number of carbonyl (C=O) groups excluding carboxylic acids is 1. The Bertz CT molecular complexity index is 1060. The van der Waals surface area contributed by atoms with E-state index >= 15 is 0 Å². The highest BCUT2D eigenvalue weighted by molar-refractivity contribution is 6.04. The molecule has 2 aromatic rings. The molecule has 33 heavy (non-hydrogen) atoms. The molecule has 0 bridgehead atoms. The third kappa shape index (κ3) is 5.31. The summed E-state index contributed by atoms with van der Waals surface area (Å²) in [6, 6.07) is 8.32. The fraction of sp³-hybridized carbons (Fsp3) is 0.435. The number of nitrogens with two attached hydrogens (primary N) is 1. The van der Waals surface area contributed by atoms with Crippen molar-refractivity contribution in [3.8, 4) is 6.07 Å². The van der Waals surface area contributed by atoms with E-state index in [1.54, 1.807) is 6.33 Å². The lowest BCUT2D eigenvalue weighted by atomic mass is 9.98. The number of hydrazone groups is 1. The SMILES string of the molecule is N#Cc1cc(C2=NNC(=O)CC2)ccc1N1CCC(N(CCCc2c[nH]cn2)C(=N)N)CC1. The number of aryl methyl sites for hydroxylation is 1. The van der Waals surface area contributed by atoms with Gasteiger partial charge in [0, 0.05) is 44.7 Å². The number of aromatic nitrogens is 2. The van der Waals surface area contributed by atoms with Gasteiger partial charge < -0.3 is 20.5 Å². The minimum absolute atomic E-state index is 0.0838. The van der Waals surface area contributed by atoms with Crippen LogP contribution in [-0.4, -0.2) is 58.1 Å². The molecule has 1 fully saturated rings. The number of carbonyl (C=O) groups is 1. The molecule has 0 unspecified atom stereocenters. The molecule has 0 atom stereocenters. The second-order valence-corrected chi connectivity index (χ2v) is 8.40. The van der Waals surface area contributed by atoms with E-state index in [0.29, 0.717) is 18.4 Å². The van der Waals surface area contributed by atoms with Gasteiger partial charge in [-0.3, -0.25) is 10.2 Å². The van der Waals surface area contributed by atoms with Gasteiger partial charge in [-0.05, 0) is 43.4 Å². The molecule has 1 amide bonds. The van der Waals surface area contributed by atoms with Crippen LogP contribution in [0, 0.1) is 16.7 Å². The summed E-state index contributed by atoms with van der Waals surface area (Å²) in [5.74, 6) is 0.0254. The molecule has 0 spiro atoms. The van der Waals surface area contributed by atoms with E-state index in [1.165, 1.54) is 0 Å². The van der Waals surface area contributed by atoms with Crippen LogP contribution in [0.15, 0.2) is 35.8 Å². The molecule has 10 heteroatoms. The number of amides is 1. The zero-order valence-electron chi connectivity index (χ0n) is 18.5. The van der Waals surface area contributed by atoms with Gasteiger partial charge in [-0.15, -0.1) is 0 Å². The third-order valence-electron chi connectivity index (χ3n) is 6.30. The Balaban J connectivity index is 1.37. The van der Waals surface area contributed by atoms with Gasteiger partial charge >= 0.3 is 0 Å². The molecular formula is C23H29N9O. The first-order valence-electron chi connectivity index (χ1n) is 11.3. The fourth-order valence-electron chi connectivity index (χ4n) is 4.54. The first kappa shape index (κ1) is 22.3. The van der Waals surface area contributed by atoms with Crippen LogP contribution in [0.1, 0.15) is 48.9 Å². The van der Waals surface area contributed by atoms with Crippen LogP contribution in [0.25, 0.3) is 0 Å². The lowest BCUT2D eigenvalue weighted by Crippen LogP contribution is -2.50. The van der Waals surface area contributed by atoms with E-state index in [2.05, 4.69) is 31.5 Å². The van der Waals surface area contributed by atoms with E-state index < -0.39 is 0 Å². The average molecular weight is 448 g/mol. The Kier molecular flexibility index (Phi) is 6.88. The van der Waals surface area contributed by atoms with E-state index in [0.717, 1.165) is 68.0 Å². The maximum absolute atomic E-state index is 11.3. The largest absolute Gasteiger partial charge is 0.370 e. The van der Waals surface area contributed by atoms with Crippen molar-refractivity contribution in [2.45, 2.75) is 44.6 Å². The molecule has 4 rings (SSSR count). The summed E-state index contributed by atoms with van der Waals surface area (Å²) in [7, 11) is 0. The highest BCUT2D eigenvalue weighted by Crippen LogP contribution is 2.27. The van der Waals surface area contributed by atoms with Gasteiger partial charge in [0.2, 0.25) is 5.91 Å². The molecule has 1 saturated heterocycles. The van der Waals surface area contributed by atoms with Crippen molar-refractivity contribution in [2.75, 3.05) is 24.5 Å². The molecule has 0 saturated carbocycles. The van der Waals surface area contributed by atoms with Crippen molar-refractivity contribution in [3.05, 3.63) is 47.5 Å². The predicted octanol–water partition coefficient (Wildman–Crippen LogP) is 1.69. The smallest absolute Gasteiger partial charge is 0.240 e. The van der Waals surface area contributed by atoms with Gasteiger partial charge in [-0.25, -0.2) is 10.4 Å². The Morgan fingerprint density at radius 1 is 1.33 bits per heavy atom. The maximum Gasteiger partial charge on any atom is 0.240 e.